The van der Waals surface area contributed by atoms with E-state index in [1.54, 1.807) is 18.2 Å². The molecule has 2 aromatic carbocycles. The van der Waals surface area contributed by atoms with Crippen molar-refractivity contribution < 1.29 is 13.6 Å². The molecule has 1 N–H and O–H groups in total. The van der Waals surface area contributed by atoms with E-state index in [1.807, 2.05) is 25.1 Å². The number of amides is 1. The molecule has 0 radical (unpaired) electrons. The monoisotopic (exact) mass is 372 g/mol. The van der Waals surface area contributed by atoms with Crippen molar-refractivity contribution in [3.05, 3.63) is 71.3 Å². The number of likely N-dealkylation sites (N-methyl/N-ethyl adjacent to an activating group) is 1. The van der Waals surface area contributed by atoms with Crippen LogP contribution in [0.4, 0.5) is 8.78 Å². The zero-order valence-electron chi connectivity index (χ0n) is 15.8. The summed E-state index contributed by atoms with van der Waals surface area (Å²) in [6, 6.07) is 12.6. The van der Waals surface area contributed by atoms with E-state index in [1.165, 1.54) is 24.3 Å². The average molecular weight is 372 g/mol. The molecule has 1 aliphatic carbocycles. The SMILES string of the molecule is CN(C)C(CNC(=O)C1(c2ccc(F)cc2)CCCC1)c1cccc(F)c1. The third-order valence-electron chi connectivity index (χ3n) is 5.60. The van der Waals surface area contributed by atoms with Crippen LogP contribution in [0.2, 0.25) is 0 Å². The second kappa shape index (κ2) is 8.17. The van der Waals surface area contributed by atoms with Gasteiger partial charge < -0.3 is 10.2 Å². The second-order valence-electron chi connectivity index (χ2n) is 7.54. The van der Waals surface area contributed by atoms with E-state index in [4.69, 9.17) is 0 Å². The molecule has 1 fully saturated rings. The van der Waals surface area contributed by atoms with E-state index in [0.717, 1.165) is 36.8 Å². The van der Waals surface area contributed by atoms with Gasteiger partial charge in [-0.05, 0) is 62.3 Å². The van der Waals surface area contributed by atoms with Gasteiger partial charge in [-0.25, -0.2) is 8.78 Å². The minimum absolute atomic E-state index is 0.0325. The van der Waals surface area contributed by atoms with Gasteiger partial charge in [0.15, 0.2) is 0 Å². The number of nitrogens with zero attached hydrogens (tertiary/aromatic N) is 1. The van der Waals surface area contributed by atoms with Crippen LogP contribution < -0.4 is 5.32 Å². The molecule has 0 aliphatic heterocycles. The lowest BCUT2D eigenvalue weighted by atomic mass is 9.78. The number of halogens is 2. The molecular weight excluding hydrogens is 346 g/mol. The lowest BCUT2D eigenvalue weighted by Gasteiger charge is -2.31. The maximum absolute atomic E-state index is 13.6. The minimum Gasteiger partial charge on any atom is -0.353 e. The smallest absolute Gasteiger partial charge is 0.230 e. The van der Waals surface area contributed by atoms with E-state index < -0.39 is 5.41 Å². The lowest BCUT2D eigenvalue weighted by Crippen LogP contribution is -2.45. The molecule has 0 bridgehead atoms. The number of benzene rings is 2. The molecule has 1 saturated carbocycles. The first kappa shape index (κ1) is 19.5. The first-order valence-electron chi connectivity index (χ1n) is 9.39. The number of carbonyl (C=O) groups excluding carboxylic acids is 1. The quantitative estimate of drug-likeness (QED) is 0.824. The molecule has 5 heteroatoms. The molecule has 3 rings (SSSR count). The van der Waals surface area contributed by atoms with Gasteiger partial charge in [0.1, 0.15) is 11.6 Å². The molecule has 0 saturated heterocycles. The molecular formula is C22H26F2N2O. The number of rotatable bonds is 6. The summed E-state index contributed by atoms with van der Waals surface area (Å²) in [6.45, 7) is 0.387. The third-order valence-corrected chi connectivity index (χ3v) is 5.60. The minimum atomic E-state index is -0.605. The van der Waals surface area contributed by atoms with Gasteiger partial charge in [0.25, 0.3) is 0 Å². The summed E-state index contributed by atoms with van der Waals surface area (Å²) in [6.07, 6.45) is 3.48. The Balaban J connectivity index is 1.78. The van der Waals surface area contributed by atoms with Crippen molar-refractivity contribution in [3.63, 3.8) is 0 Å². The van der Waals surface area contributed by atoms with Crippen LogP contribution in [0.25, 0.3) is 0 Å². The van der Waals surface area contributed by atoms with Crippen molar-refractivity contribution in [3.8, 4) is 0 Å². The molecule has 1 atom stereocenters. The zero-order chi connectivity index (χ0) is 19.4. The second-order valence-corrected chi connectivity index (χ2v) is 7.54. The summed E-state index contributed by atoms with van der Waals surface area (Å²) < 4.78 is 26.9. The summed E-state index contributed by atoms with van der Waals surface area (Å²) in [4.78, 5) is 15.1. The summed E-state index contributed by atoms with van der Waals surface area (Å²) in [5.41, 5.74) is 1.08. The predicted molar refractivity (Wildman–Crippen MR) is 102 cm³/mol. The van der Waals surface area contributed by atoms with Gasteiger partial charge in [-0.1, -0.05) is 37.1 Å². The molecule has 0 heterocycles. The van der Waals surface area contributed by atoms with Gasteiger partial charge in [-0.2, -0.15) is 0 Å². The van der Waals surface area contributed by atoms with Crippen molar-refractivity contribution in [2.24, 2.45) is 0 Å². The van der Waals surface area contributed by atoms with Crippen molar-refractivity contribution in [2.45, 2.75) is 37.1 Å². The number of hydrogen-bond acceptors (Lipinski definition) is 2. The standard InChI is InChI=1S/C22H26F2N2O/c1-26(2)20(16-6-5-7-19(24)14-16)15-25-21(27)22(12-3-4-13-22)17-8-10-18(23)11-9-17/h5-11,14,20H,3-4,12-13,15H2,1-2H3,(H,25,27). The zero-order valence-corrected chi connectivity index (χ0v) is 15.8. The van der Waals surface area contributed by atoms with Crippen LogP contribution in [0, 0.1) is 11.6 Å². The highest BCUT2D eigenvalue weighted by atomic mass is 19.1. The van der Waals surface area contributed by atoms with Crippen molar-refractivity contribution in [2.75, 3.05) is 20.6 Å². The van der Waals surface area contributed by atoms with E-state index in [0.29, 0.717) is 6.54 Å². The number of hydrogen-bond donors (Lipinski definition) is 1. The van der Waals surface area contributed by atoms with Gasteiger partial charge in [-0.3, -0.25) is 4.79 Å². The van der Waals surface area contributed by atoms with E-state index in [2.05, 4.69) is 5.32 Å². The Morgan fingerprint density at radius 3 is 2.33 bits per heavy atom. The highest BCUT2D eigenvalue weighted by Gasteiger charge is 2.42. The van der Waals surface area contributed by atoms with E-state index in [9.17, 15) is 13.6 Å². The number of nitrogens with one attached hydrogen (secondary N) is 1. The fraction of sp³-hybridized carbons (Fsp3) is 0.409. The Bertz CT molecular complexity index is 783. The van der Waals surface area contributed by atoms with Crippen LogP contribution in [0.3, 0.4) is 0 Å². The summed E-state index contributed by atoms with van der Waals surface area (Å²) >= 11 is 0. The fourth-order valence-electron chi connectivity index (χ4n) is 4.07. The first-order chi connectivity index (χ1) is 12.9. The molecule has 1 aliphatic rings. The third kappa shape index (κ3) is 4.19. The Morgan fingerprint density at radius 2 is 1.74 bits per heavy atom. The summed E-state index contributed by atoms with van der Waals surface area (Å²) in [5.74, 6) is -0.620. The molecule has 27 heavy (non-hydrogen) atoms. The van der Waals surface area contributed by atoms with Crippen LogP contribution in [-0.4, -0.2) is 31.4 Å². The van der Waals surface area contributed by atoms with Crippen LogP contribution in [0.5, 0.6) is 0 Å². The van der Waals surface area contributed by atoms with Crippen molar-refractivity contribution in [1.82, 2.24) is 10.2 Å². The van der Waals surface area contributed by atoms with Gasteiger partial charge >= 0.3 is 0 Å². The normalized spacial score (nSPS) is 17.1. The summed E-state index contributed by atoms with van der Waals surface area (Å²) in [7, 11) is 3.82. The summed E-state index contributed by atoms with van der Waals surface area (Å²) in [5, 5.41) is 3.08. The average Bonchev–Trinajstić information content (AvgIpc) is 3.13. The first-order valence-corrected chi connectivity index (χ1v) is 9.39. The van der Waals surface area contributed by atoms with Gasteiger partial charge in [-0.15, -0.1) is 0 Å². The lowest BCUT2D eigenvalue weighted by molar-refractivity contribution is -0.126. The van der Waals surface area contributed by atoms with Crippen LogP contribution in [-0.2, 0) is 10.2 Å². The van der Waals surface area contributed by atoms with Gasteiger partial charge in [0, 0.05) is 6.54 Å². The molecule has 0 aromatic heterocycles. The maximum Gasteiger partial charge on any atom is 0.230 e. The molecule has 144 valence electrons. The largest absolute Gasteiger partial charge is 0.353 e. The molecule has 0 spiro atoms. The van der Waals surface area contributed by atoms with Crippen molar-refractivity contribution >= 4 is 5.91 Å². The van der Waals surface area contributed by atoms with E-state index >= 15 is 0 Å². The Kier molecular flexibility index (Phi) is 5.90. The Morgan fingerprint density at radius 1 is 1.07 bits per heavy atom. The Labute approximate surface area is 159 Å². The van der Waals surface area contributed by atoms with Crippen molar-refractivity contribution in [1.29, 1.82) is 0 Å². The van der Waals surface area contributed by atoms with Crippen LogP contribution in [0.15, 0.2) is 48.5 Å². The molecule has 3 nitrogen and oxygen atoms in total. The van der Waals surface area contributed by atoms with Gasteiger partial charge in [0.2, 0.25) is 5.91 Å². The van der Waals surface area contributed by atoms with Gasteiger partial charge in [0.05, 0.1) is 11.5 Å². The molecule has 1 unspecified atom stereocenters. The fourth-order valence-corrected chi connectivity index (χ4v) is 4.07. The van der Waals surface area contributed by atoms with Crippen LogP contribution in [0.1, 0.15) is 42.9 Å². The van der Waals surface area contributed by atoms with Crippen LogP contribution >= 0.6 is 0 Å². The number of carbonyl (C=O) groups is 1. The highest BCUT2D eigenvalue weighted by Crippen LogP contribution is 2.41. The Hall–Kier alpha value is -2.27. The molecule has 1 amide bonds. The maximum atomic E-state index is 13.6. The van der Waals surface area contributed by atoms with E-state index in [-0.39, 0.29) is 23.6 Å². The molecule has 2 aromatic rings. The topological polar surface area (TPSA) is 32.3 Å². The highest BCUT2D eigenvalue weighted by molar-refractivity contribution is 5.88. The predicted octanol–water partition coefficient (Wildman–Crippen LogP) is 4.20.